The summed E-state index contributed by atoms with van der Waals surface area (Å²) < 4.78 is 21.9. The first kappa shape index (κ1) is 12.2. The van der Waals surface area contributed by atoms with Gasteiger partial charge in [0, 0.05) is 33.1 Å². The molecule has 2 atom stereocenters. The fraction of sp³-hybridized carbons (Fsp3) is 0.538. The van der Waals surface area contributed by atoms with Crippen molar-refractivity contribution in [1.82, 2.24) is 0 Å². The highest BCUT2D eigenvalue weighted by atomic mass is 16.7. The van der Waals surface area contributed by atoms with Crippen LogP contribution in [0.4, 0.5) is 0 Å². The SMILES string of the molecule is COc1ccc2c(c1)[C@@H](OC)C[C@](C)(OC)O2. The standard InChI is InChI=1S/C13H18O4/c1-13(16-4)8-12(15-3)10-7-9(14-2)5-6-11(10)17-13/h5-7,12H,8H2,1-4H3/t12-,13+/m0/s1. The van der Waals surface area contributed by atoms with Crippen LogP contribution in [0.2, 0.25) is 0 Å². The molecule has 0 saturated heterocycles. The minimum Gasteiger partial charge on any atom is -0.497 e. The van der Waals surface area contributed by atoms with E-state index in [1.54, 1.807) is 21.3 Å². The lowest BCUT2D eigenvalue weighted by Gasteiger charge is -2.38. The van der Waals surface area contributed by atoms with Crippen molar-refractivity contribution in [2.45, 2.75) is 25.2 Å². The maximum absolute atomic E-state index is 5.84. The molecule has 1 aliphatic rings. The Morgan fingerprint density at radius 3 is 2.65 bits per heavy atom. The van der Waals surface area contributed by atoms with E-state index in [0.717, 1.165) is 17.1 Å². The summed E-state index contributed by atoms with van der Waals surface area (Å²) >= 11 is 0. The fourth-order valence-electron chi connectivity index (χ4n) is 2.05. The van der Waals surface area contributed by atoms with Gasteiger partial charge in [0.25, 0.3) is 0 Å². The van der Waals surface area contributed by atoms with Crippen LogP contribution < -0.4 is 9.47 Å². The molecule has 0 bridgehead atoms. The number of fused-ring (bicyclic) bond motifs is 1. The third-order valence-electron chi connectivity index (χ3n) is 3.16. The van der Waals surface area contributed by atoms with Gasteiger partial charge in [-0.1, -0.05) is 0 Å². The molecule has 0 unspecified atom stereocenters. The highest BCUT2D eigenvalue weighted by Crippen LogP contribution is 2.42. The Morgan fingerprint density at radius 2 is 2.06 bits per heavy atom. The van der Waals surface area contributed by atoms with Crippen molar-refractivity contribution in [1.29, 1.82) is 0 Å². The van der Waals surface area contributed by atoms with Gasteiger partial charge < -0.3 is 18.9 Å². The second kappa shape index (κ2) is 4.55. The van der Waals surface area contributed by atoms with Crippen LogP contribution in [0.15, 0.2) is 18.2 Å². The average molecular weight is 238 g/mol. The van der Waals surface area contributed by atoms with Crippen LogP contribution in [0.1, 0.15) is 25.0 Å². The van der Waals surface area contributed by atoms with Crippen LogP contribution in [0, 0.1) is 0 Å². The van der Waals surface area contributed by atoms with Crippen LogP contribution in [-0.4, -0.2) is 27.1 Å². The fourth-order valence-corrected chi connectivity index (χ4v) is 2.05. The second-order valence-electron chi connectivity index (χ2n) is 4.27. The molecule has 0 radical (unpaired) electrons. The Bertz CT molecular complexity index is 404. The highest BCUT2D eigenvalue weighted by molar-refractivity contribution is 5.43. The van der Waals surface area contributed by atoms with Crippen molar-refractivity contribution >= 4 is 0 Å². The van der Waals surface area contributed by atoms with Gasteiger partial charge in [0.05, 0.1) is 13.2 Å². The van der Waals surface area contributed by atoms with E-state index in [1.165, 1.54) is 0 Å². The molecule has 0 N–H and O–H groups in total. The van der Waals surface area contributed by atoms with E-state index in [0.29, 0.717) is 6.42 Å². The van der Waals surface area contributed by atoms with E-state index >= 15 is 0 Å². The summed E-state index contributed by atoms with van der Waals surface area (Å²) in [4.78, 5) is 0. The maximum Gasteiger partial charge on any atom is 0.210 e. The lowest BCUT2D eigenvalue weighted by molar-refractivity contribution is -0.184. The third kappa shape index (κ3) is 2.23. The van der Waals surface area contributed by atoms with Crippen molar-refractivity contribution in [2.75, 3.05) is 21.3 Å². The molecule has 0 aromatic heterocycles. The minimum atomic E-state index is -0.637. The summed E-state index contributed by atoms with van der Waals surface area (Å²) in [5.74, 6) is 0.950. The lowest BCUT2D eigenvalue weighted by Crippen LogP contribution is -2.40. The third-order valence-corrected chi connectivity index (χ3v) is 3.16. The minimum absolute atomic E-state index is 0.0428. The second-order valence-corrected chi connectivity index (χ2v) is 4.27. The van der Waals surface area contributed by atoms with E-state index in [4.69, 9.17) is 18.9 Å². The molecule has 4 heteroatoms. The Labute approximate surface area is 101 Å². The van der Waals surface area contributed by atoms with Gasteiger partial charge in [-0.25, -0.2) is 0 Å². The summed E-state index contributed by atoms with van der Waals surface area (Å²) in [5.41, 5.74) is 1.00. The maximum atomic E-state index is 5.84. The molecule has 1 aliphatic heterocycles. The highest BCUT2D eigenvalue weighted by Gasteiger charge is 2.37. The molecule has 0 saturated carbocycles. The normalized spacial score (nSPS) is 27.2. The molecule has 2 rings (SSSR count). The zero-order chi connectivity index (χ0) is 12.5. The molecule has 4 nitrogen and oxygen atoms in total. The van der Waals surface area contributed by atoms with Gasteiger partial charge in [-0.2, -0.15) is 0 Å². The van der Waals surface area contributed by atoms with E-state index < -0.39 is 5.79 Å². The molecule has 1 heterocycles. The van der Waals surface area contributed by atoms with Crippen molar-refractivity contribution in [3.05, 3.63) is 23.8 Å². The molecule has 1 aromatic rings. The van der Waals surface area contributed by atoms with Gasteiger partial charge in [0.15, 0.2) is 0 Å². The molecule has 94 valence electrons. The van der Waals surface area contributed by atoms with E-state index in [-0.39, 0.29) is 6.10 Å². The first-order valence-corrected chi connectivity index (χ1v) is 5.57. The first-order chi connectivity index (χ1) is 8.11. The predicted octanol–water partition coefficient (Wildman–Crippen LogP) is 2.53. The summed E-state index contributed by atoms with van der Waals surface area (Å²) in [7, 11) is 4.98. The Kier molecular flexibility index (Phi) is 3.26. The number of rotatable bonds is 3. The quantitative estimate of drug-likeness (QED) is 0.810. The summed E-state index contributed by atoms with van der Waals surface area (Å²) in [6, 6.07) is 5.70. The molecule has 0 fully saturated rings. The molecular formula is C13H18O4. The molecular weight excluding hydrogens is 220 g/mol. The number of hydrogen-bond donors (Lipinski definition) is 0. The number of hydrogen-bond acceptors (Lipinski definition) is 4. The smallest absolute Gasteiger partial charge is 0.210 e. The zero-order valence-corrected chi connectivity index (χ0v) is 10.6. The molecule has 1 aromatic carbocycles. The van der Waals surface area contributed by atoms with E-state index in [9.17, 15) is 0 Å². The van der Waals surface area contributed by atoms with Crippen LogP contribution in [-0.2, 0) is 9.47 Å². The summed E-state index contributed by atoms with van der Waals surface area (Å²) in [6.07, 6.45) is 0.610. The summed E-state index contributed by atoms with van der Waals surface area (Å²) in [5, 5.41) is 0. The van der Waals surface area contributed by atoms with Crippen molar-refractivity contribution in [3.63, 3.8) is 0 Å². The summed E-state index contributed by atoms with van der Waals surface area (Å²) in [6.45, 7) is 1.91. The first-order valence-electron chi connectivity index (χ1n) is 5.57. The van der Waals surface area contributed by atoms with Gasteiger partial charge in [-0.3, -0.25) is 0 Å². The zero-order valence-electron chi connectivity index (χ0n) is 10.6. The van der Waals surface area contributed by atoms with Gasteiger partial charge >= 0.3 is 0 Å². The number of ether oxygens (including phenoxy) is 4. The predicted molar refractivity (Wildman–Crippen MR) is 63.4 cm³/mol. The van der Waals surface area contributed by atoms with Gasteiger partial charge in [-0.05, 0) is 18.2 Å². The Balaban J connectivity index is 2.40. The van der Waals surface area contributed by atoms with Crippen LogP contribution >= 0.6 is 0 Å². The lowest BCUT2D eigenvalue weighted by atomic mass is 9.97. The topological polar surface area (TPSA) is 36.9 Å². The van der Waals surface area contributed by atoms with Crippen molar-refractivity contribution in [2.24, 2.45) is 0 Å². The molecule has 17 heavy (non-hydrogen) atoms. The molecule has 0 spiro atoms. The number of methoxy groups -OCH3 is 3. The number of benzene rings is 1. The van der Waals surface area contributed by atoms with Crippen LogP contribution in [0.5, 0.6) is 11.5 Å². The van der Waals surface area contributed by atoms with Crippen molar-refractivity contribution in [3.8, 4) is 11.5 Å². The van der Waals surface area contributed by atoms with E-state index in [1.807, 2.05) is 25.1 Å². The monoisotopic (exact) mass is 238 g/mol. The van der Waals surface area contributed by atoms with Crippen LogP contribution in [0.3, 0.4) is 0 Å². The molecule has 0 aliphatic carbocycles. The Morgan fingerprint density at radius 1 is 1.29 bits per heavy atom. The van der Waals surface area contributed by atoms with Crippen LogP contribution in [0.25, 0.3) is 0 Å². The van der Waals surface area contributed by atoms with Gasteiger partial charge in [0.1, 0.15) is 11.5 Å². The largest absolute Gasteiger partial charge is 0.497 e. The Hall–Kier alpha value is -1.26. The van der Waals surface area contributed by atoms with Gasteiger partial charge in [-0.15, -0.1) is 0 Å². The van der Waals surface area contributed by atoms with E-state index in [2.05, 4.69) is 0 Å². The molecule has 0 amide bonds. The van der Waals surface area contributed by atoms with Gasteiger partial charge in [0.2, 0.25) is 5.79 Å². The average Bonchev–Trinajstić information content (AvgIpc) is 2.37. The van der Waals surface area contributed by atoms with Crippen molar-refractivity contribution < 1.29 is 18.9 Å².